The lowest BCUT2D eigenvalue weighted by Crippen LogP contribution is -2.36. The van der Waals surface area contributed by atoms with Crippen LogP contribution in [0.25, 0.3) is 0 Å². The summed E-state index contributed by atoms with van der Waals surface area (Å²) < 4.78 is 0. The van der Waals surface area contributed by atoms with Crippen LogP contribution in [-0.4, -0.2) is 42.5 Å². The largest absolute Gasteiger partial charge is 0.373 e. The number of nitrogens with zero attached hydrogens (tertiary/aromatic N) is 3. The molecule has 4 nitrogen and oxygen atoms in total. The molecule has 0 atom stereocenters. The number of aromatic nitrogens is 1. The third-order valence-electron chi connectivity index (χ3n) is 3.90. The molecule has 0 spiro atoms. The molecule has 1 saturated heterocycles. The Balaban J connectivity index is 1.98. The maximum absolute atomic E-state index is 12.3. The quantitative estimate of drug-likeness (QED) is 0.829. The van der Waals surface area contributed by atoms with E-state index in [0.29, 0.717) is 5.69 Å². The molecule has 0 radical (unpaired) electrons. The van der Waals surface area contributed by atoms with Gasteiger partial charge in [-0.3, -0.25) is 4.79 Å². The lowest BCUT2D eigenvalue weighted by atomic mass is 10.1. The second-order valence-corrected chi connectivity index (χ2v) is 5.53. The normalized spacial score (nSPS) is 15.2. The van der Waals surface area contributed by atoms with Crippen LogP contribution < -0.4 is 4.90 Å². The molecule has 0 N–H and O–H groups in total. The van der Waals surface area contributed by atoms with Crippen LogP contribution in [0.3, 0.4) is 0 Å². The predicted molar refractivity (Wildman–Crippen MR) is 82.2 cm³/mol. The number of hydrogen-bond donors (Lipinski definition) is 0. The molecule has 1 aromatic heterocycles. The van der Waals surface area contributed by atoms with Gasteiger partial charge in [0.25, 0.3) is 5.91 Å². The first kappa shape index (κ1) is 14.8. The van der Waals surface area contributed by atoms with Gasteiger partial charge in [0.05, 0.1) is 11.9 Å². The molecule has 4 heteroatoms. The number of carbonyl (C=O) groups excluding carboxylic acids is 1. The Morgan fingerprint density at radius 1 is 1.30 bits per heavy atom. The third kappa shape index (κ3) is 3.71. The molecule has 110 valence electrons. The predicted octanol–water partition coefficient (Wildman–Crippen LogP) is 2.94. The molecule has 1 amide bonds. The number of pyridine rings is 1. The molecule has 0 aliphatic carbocycles. The van der Waals surface area contributed by atoms with Gasteiger partial charge in [-0.25, -0.2) is 4.98 Å². The van der Waals surface area contributed by atoms with Crippen LogP contribution in [-0.2, 0) is 0 Å². The maximum Gasteiger partial charge on any atom is 0.272 e. The van der Waals surface area contributed by atoms with Gasteiger partial charge in [0.15, 0.2) is 0 Å². The van der Waals surface area contributed by atoms with Crippen LogP contribution in [0.4, 0.5) is 5.69 Å². The van der Waals surface area contributed by atoms with Crippen molar-refractivity contribution in [2.45, 2.75) is 39.0 Å². The van der Waals surface area contributed by atoms with E-state index < -0.39 is 0 Å². The molecule has 1 aliphatic rings. The average molecular weight is 275 g/mol. The van der Waals surface area contributed by atoms with Crippen LogP contribution in [0.5, 0.6) is 0 Å². The molecule has 0 bridgehead atoms. The van der Waals surface area contributed by atoms with E-state index in [2.05, 4.69) is 23.9 Å². The minimum absolute atomic E-state index is 0.0764. The number of likely N-dealkylation sites (tertiary alicyclic amines) is 1. The zero-order chi connectivity index (χ0) is 14.4. The second-order valence-electron chi connectivity index (χ2n) is 5.53. The minimum atomic E-state index is 0.0764. The Bertz CT molecular complexity index is 424. The molecule has 20 heavy (non-hydrogen) atoms. The summed E-state index contributed by atoms with van der Waals surface area (Å²) in [5.74, 6) is 0.0764. The number of amides is 1. The second kappa shape index (κ2) is 7.27. The fourth-order valence-electron chi connectivity index (χ4n) is 2.52. The van der Waals surface area contributed by atoms with Gasteiger partial charge in [0, 0.05) is 26.7 Å². The van der Waals surface area contributed by atoms with Crippen molar-refractivity contribution < 1.29 is 4.79 Å². The number of unbranched alkanes of at least 4 members (excludes halogenated alkanes) is 1. The Hall–Kier alpha value is -1.58. The molecular weight excluding hydrogens is 250 g/mol. The Morgan fingerprint density at radius 2 is 2.05 bits per heavy atom. The Morgan fingerprint density at radius 3 is 2.65 bits per heavy atom. The average Bonchev–Trinajstić information content (AvgIpc) is 2.53. The molecule has 2 rings (SSSR count). The highest BCUT2D eigenvalue weighted by atomic mass is 16.2. The van der Waals surface area contributed by atoms with E-state index in [0.717, 1.165) is 38.2 Å². The smallest absolute Gasteiger partial charge is 0.272 e. The molecule has 0 unspecified atom stereocenters. The number of carbonyl (C=O) groups is 1. The molecule has 2 heterocycles. The van der Waals surface area contributed by atoms with Crippen molar-refractivity contribution in [2.24, 2.45) is 0 Å². The maximum atomic E-state index is 12.3. The number of hydrogen-bond acceptors (Lipinski definition) is 3. The molecule has 0 saturated carbocycles. The summed E-state index contributed by atoms with van der Waals surface area (Å²) in [5.41, 5.74) is 1.65. The minimum Gasteiger partial charge on any atom is -0.373 e. The molecular formula is C16H25N3O. The molecule has 1 aliphatic heterocycles. The highest BCUT2D eigenvalue weighted by Crippen LogP contribution is 2.15. The molecule has 1 fully saturated rings. The highest BCUT2D eigenvalue weighted by molar-refractivity contribution is 5.92. The topological polar surface area (TPSA) is 36.4 Å². The first-order chi connectivity index (χ1) is 9.72. The fraction of sp³-hybridized carbons (Fsp3) is 0.625. The van der Waals surface area contributed by atoms with Gasteiger partial charge in [-0.15, -0.1) is 0 Å². The number of rotatable bonds is 5. The van der Waals surface area contributed by atoms with Gasteiger partial charge in [-0.1, -0.05) is 13.3 Å². The van der Waals surface area contributed by atoms with Crippen LogP contribution in [0.2, 0.25) is 0 Å². The summed E-state index contributed by atoms with van der Waals surface area (Å²) in [6.07, 6.45) is 7.63. The van der Waals surface area contributed by atoms with Crippen molar-refractivity contribution in [3.63, 3.8) is 0 Å². The van der Waals surface area contributed by atoms with Crippen LogP contribution in [0.15, 0.2) is 18.3 Å². The van der Waals surface area contributed by atoms with Crippen molar-refractivity contribution in [1.82, 2.24) is 9.88 Å². The van der Waals surface area contributed by atoms with E-state index in [9.17, 15) is 4.79 Å². The third-order valence-corrected chi connectivity index (χ3v) is 3.90. The molecule has 1 aromatic rings. The first-order valence-corrected chi connectivity index (χ1v) is 7.69. The van der Waals surface area contributed by atoms with Crippen molar-refractivity contribution in [3.8, 4) is 0 Å². The molecule has 0 aromatic carbocycles. The first-order valence-electron chi connectivity index (χ1n) is 7.69. The lowest BCUT2D eigenvalue weighted by molar-refractivity contribution is 0.0718. The summed E-state index contributed by atoms with van der Waals surface area (Å²) in [6, 6.07) is 3.86. The summed E-state index contributed by atoms with van der Waals surface area (Å²) in [6.45, 7) is 4.96. The van der Waals surface area contributed by atoms with E-state index in [-0.39, 0.29) is 5.91 Å². The van der Waals surface area contributed by atoms with E-state index in [1.807, 2.05) is 23.2 Å². The van der Waals surface area contributed by atoms with E-state index in [1.165, 1.54) is 19.3 Å². The Kier molecular flexibility index (Phi) is 5.39. The summed E-state index contributed by atoms with van der Waals surface area (Å²) in [4.78, 5) is 20.8. The van der Waals surface area contributed by atoms with Gasteiger partial charge in [0.2, 0.25) is 0 Å². The summed E-state index contributed by atoms with van der Waals surface area (Å²) in [5, 5.41) is 0. The van der Waals surface area contributed by atoms with E-state index in [1.54, 1.807) is 0 Å². The number of anilines is 1. The van der Waals surface area contributed by atoms with Crippen molar-refractivity contribution in [3.05, 3.63) is 24.0 Å². The van der Waals surface area contributed by atoms with Crippen molar-refractivity contribution in [2.75, 3.05) is 31.6 Å². The van der Waals surface area contributed by atoms with Gasteiger partial charge in [-0.2, -0.15) is 0 Å². The standard InChI is InChI=1S/C16H25N3O/c1-3-4-10-18(2)14-8-9-15(17-13-14)16(20)19-11-6-5-7-12-19/h8-9,13H,3-7,10-12H2,1-2H3. The zero-order valence-electron chi connectivity index (χ0n) is 12.6. The van der Waals surface area contributed by atoms with E-state index >= 15 is 0 Å². The monoisotopic (exact) mass is 275 g/mol. The lowest BCUT2D eigenvalue weighted by Gasteiger charge is -2.26. The van der Waals surface area contributed by atoms with Gasteiger partial charge in [0.1, 0.15) is 5.69 Å². The van der Waals surface area contributed by atoms with Crippen LogP contribution >= 0.6 is 0 Å². The van der Waals surface area contributed by atoms with Crippen molar-refractivity contribution in [1.29, 1.82) is 0 Å². The van der Waals surface area contributed by atoms with Crippen LogP contribution in [0, 0.1) is 0 Å². The zero-order valence-corrected chi connectivity index (χ0v) is 12.6. The number of piperidine rings is 1. The summed E-state index contributed by atoms with van der Waals surface area (Å²) in [7, 11) is 2.07. The van der Waals surface area contributed by atoms with E-state index in [4.69, 9.17) is 0 Å². The van der Waals surface area contributed by atoms with Crippen molar-refractivity contribution >= 4 is 11.6 Å². The Labute approximate surface area is 121 Å². The summed E-state index contributed by atoms with van der Waals surface area (Å²) >= 11 is 0. The van der Waals surface area contributed by atoms with Gasteiger partial charge >= 0.3 is 0 Å². The SMILES string of the molecule is CCCCN(C)c1ccc(C(=O)N2CCCCC2)nc1. The van der Waals surface area contributed by atoms with Crippen LogP contribution in [0.1, 0.15) is 49.5 Å². The highest BCUT2D eigenvalue weighted by Gasteiger charge is 2.19. The fourth-order valence-corrected chi connectivity index (χ4v) is 2.52. The van der Waals surface area contributed by atoms with Gasteiger partial charge < -0.3 is 9.80 Å². The van der Waals surface area contributed by atoms with Gasteiger partial charge in [-0.05, 0) is 37.8 Å².